The molecule has 152 valence electrons. The average Bonchev–Trinajstić information content (AvgIpc) is 3.08. The second kappa shape index (κ2) is 8.83. The quantitative estimate of drug-likeness (QED) is 0.655. The fraction of sp³-hybridized carbons (Fsp3) is 0.400. The van der Waals surface area contributed by atoms with Crippen molar-refractivity contribution >= 4 is 16.8 Å². The molecule has 29 heavy (non-hydrogen) atoms. The summed E-state index contributed by atoms with van der Waals surface area (Å²) < 4.78 is 2.00. The number of nitrogens with one attached hydrogen (secondary N) is 1. The van der Waals surface area contributed by atoms with E-state index in [0.717, 1.165) is 23.9 Å². The zero-order valence-electron chi connectivity index (χ0n) is 17.5. The minimum Gasteiger partial charge on any atom is -0.344 e. The maximum Gasteiger partial charge on any atom is 0.268 e. The van der Waals surface area contributed by atoms with Gasteiger partial charge in [-0.1, -0.05) is 48.4 Å². The van der Waals surface area contributed by atoms with E-state index in [9.17, 15) is 4.79 Å². The Labute approximate surface area is 173 Å². The third-order valence-corrected chi connectivity index (χ3v) is 6.12. The first kappa shape index (κ1) is 19.7. The number of aryl methyl sites for hydroxylation is 2. The van der Waals surface area contributed by atoms with Crippen molar-refractivity contribution in [2.75, 3.05) is 19.6 Å². The predicted molar refractivity (Wildman–Crippen MR) is 119 cm³/mol. The summed E-state index contributed by atoms with van der Waals surface area (Å²) in [5.74, 6) is -0.00569. The molecule has 1 fully saturated rings. The van der Waals surface area contributed by atoms with Gasteiger partial charge < -0.3 is 14.8 Å². The van der Waals surface area contributed by atoms with Gasteiger partial charge in [-0.3, -0.25) is 4.79 Å². The fourth-order valence-corrected chi connectivity index (χ4v) is 4.42. The van der Waals surface area contributed by atoms with Crippen LogP contribution in [0.2, 0.25) is 0 Å². The van der Waals surface area contributed by atoms with Gasteiger partial charge in [0.15, 0.2) is 0 Å². The third kappa shape index (κ3) is 4.54. The lowest BCUT2D eigenvalue weighted by atomic mass is 10.0. The zero-order valence-corrected chi connectivity index (χ0v) is 17.5. The number of nitrogens with zero attached hydrogens (tertiary/aromatic N) is 2. The largest absolute Gasteiger partial charge is 0.344 e. The van der Waals surface area contributed by atoms with Gasteiger partial charge in [-0.05, 0) is 63.0 Å². The van der Waals surface area contributed by atoms with E-state index in [1.807, 2.05) is 23.7 Å². The van der Waals surface area contributed by atoms with E-state index in [-0.39, 0.29) is 11.9 Å². The number of benzene rings is 2. The van der Waals surface area contributed by atoms with Crippen LogP contribution in [0.3, 0.4) is 0 Å². The smallest absolute Gasteiger partial charge is 0.268 e. The van der Waals surface area contributed by atoms with Gasteiger partial charge in [-0.2, -0.15) is 0 Å². The molecule has 1 amide bonds. The zero-order chi connectivity index (χ0) is 20.2. The molecule has 1 saturated heterocycles. The van der Waals surface area contributed by atoms with Crippen molar-refractivity contribution in [3.8, 4) is 0 Å². The second-order valence-electron chi connectivity index (χ2n) is 8.28. The topological polar surface area (TPSA) is 37.3 Å². The molecule has 0 saturated carbocycles. The van der Waals surface area contributed by atoms with E-state index in [1.165, 1.54) is 43.5 Å². The van der Waals surface area contributed by atoms with Crippen LogP contribution in [0.1, 0.15) is 53.3 Å². The first-order valence-electron chi connectivity index (χ1n) is 10.8. The number of hydrogen-bond acceptors (Lipinski definition) is 2. The number of fused-ring (bicyclic) bond motifs is 1. The minimum atomic E-state index is -0.00569. The molecule has 1 aromatic heterocycles. The SMILES string of the molecule is Cc1ccc2c(c1)cc(C(=O)NC(CCN1CCCCC1)c1ccccc1)n2C. The summed E-state index contributed by atoms with van der Waals surface area (Å²) in [6.07, 6.45) is 4.85. The highest BCUT2D eigenvalue weighted by Gasteiger charge is 2.20. The molecule has 0 bridgehead atoms. The number of likely N-dealkylation sites (tertiary alicyclic amines) is 1. The molecule has 1 aliphatic heterocycles. The number of aromatic nitrogens is 1. The van der Waals surface area contributed by atoms with Crippen molar-refractivity contribution in [1.29, 1.82) is 0 Å². The fourth-order valence-electron chi connectivity index (χ4n) is 4.42. The van der Waals surface area contributed by atoms with Crippen molar-refractivity contribution < 1.29 is 4.79 Å². The van der Waals surface area contributed by atoms with E-state index in [4.69, 9.17) is 0 Å². The van der Waals surface area contributed by atoms with Gasteiger partial charge in [-0.15, -0.1) is 0 Å². The van der Waals surface area contributed by atoms with Crippen molar-refractivity contribution in [3.05, 3.63) is 71.4 Å². The van der Waals surface area contributed by atoms with Crippen LogP contribution in [0.15, 0.2) is 54.6 Å². The van der Waals surface area contributed by atoms with Crippen molar-refractivity contribution in [2.24, 2.45) is 7.05 Å². The maximum atomic E-state index is 13.2. The monoisotopic (exact) mass is 389 g/mol. The number of piperidine rings is 1. The van der Waals surface area contributed by atoms with Crippen LogP contribution in [-0.4, -0.2) is 35.0 Å². The van der Waals surface area contributed by atoms with Crippen molar-refractivity contribution in [2.45, 2.75) is 38.6 Å². The molecule has 2 heterocycles. The van der Waals surface area contributed by atoms with Crippen LogP contribution in [0.4, 0.5) is 0 Å². The van der Waals surface area contributed by atoms with Gasteiger partial charge >= 0.3 is 0 Å². The predicted octanol–water partition coefficient (Wildman–Crippen LogP) is 4.83. The molecule has 0 aliphatic carbocycles. The Morgan fingerprint density at radius 2 is 1.79 bits per heavy atom. The number of carbonyl (C=O) groups is 1. The van der Waals surface area contributed by atoms with Crippen LogP contribution in [-0.2, 0) is 7.05 Å². The maximum absolute atomic E-state index is 13.2. The van der Waals surface area contributed by atoms with Gasteiger partial charge in [0.25, 0.3) is 5.91 Å². The second-order valence-corrected chi connectivity index (χ2v) is 8.28. The Balaban J connectivity index is 1.53. The molecular formula is C25H31N3O. The van der Waals surface area contributed by atoms with E-state index in [1.54, 1.807) is 0 Å². The number of rotatable bonds is 6. The summed E-state index contributed by atoms with van der Waals surface area (Å²) in [6, 6.07) is 18.7. The minimum absolute atomic E-state index is 0.00569. The lowest BCUT2D eigenvalue weighted by Gasteiger charge is -2.28. The Kier molecular flexibility index (Phi) is 6.00. The van der Waals surface area contributed by atoms with Crippen LogP contribution < -0.4 is 5.32 Å². The van der Waals surface area contributed by atoms with Gasteiger partial charge in [0.2, 0.25) is 0 Å². The molecule has 4 heteroatoms. The summed E-state index contributed by atoms with van der Waals surface area (Å²) >= 11 is 0. The van der Waals surface area contributed by atoms with E-state index >= 15 is 0 Å². The van der Waals surface area contributed by atoms with Crippen LogP contribution >= 0.6 is 0 Å². The normalized spacial score (nSPS) is 16.1. The summed E-state index contributed by atoms with van der Waals surface area (Å²) in [5.41, 5.74) is 4.18. The van der Waals surface area contributed by atoms with E-state index < -0.39 is 0 Å². The van der Waals surface area contributed by atoms with Crippen molar-refractivity contribution in [3.63, 3.8) is 0 Å². The molecule has 0 spiro atoms. The highest BCUT2D eigenvalue weighted by Crippen LogP contribution is 2.23. The molecule has 1 N–H and O–H groups in total. The summed E-state index contributed by atoms with van der Waals surface area (Å²) in [5, 5.41) is 4.43. The van der Waals surface area contributed by atoms with E-state index in [0.29, 0.717) is 5.69 Å². The summed E-state index contributed by atoms with van der Waals surface area (Å²) in [4.78, 5) is 15.7. The van der Waals surface area contributed by atoms with Gasteiger partial charge in [0.05, 0.1) is 6.04 Å². The standard InChI is InChI=1S/C25H31N3O/c1-19-11-12-23-21(17-19)18-24(27(23)2)25(29)26-22(20-9-5-3-6-10-20)13-16-28-14-7-4-8-15-28/h3,5-6,9-12,17-18,22H,4,7-8,13-16H2,1-2H3,(H,26,29). The molecular weight excluding hydrogens is 358 g/mol. The highest BCUT2D eigenvalue weighted by atomic mass is 16.2. The number of carbonyl (C=O) groups excluding carboxylic acids is 1. The van der Waals surface area contributed by atoms with Crippen LogP contribution in [0.25, 0.3) is 10.9 Å². The summed E-state index contributed by atoms with van der Waals surface area (Å²) in [6.45, 7) is 5.46. The molecule has 1 aliphatic rings. The molecule has 0 radical (unpaired) electrons. The molecule has 4 rings (SSSR count). The lowest BCUT2D eigenvalue weighted by molar-refractivity contribution is 0.0922. The van der Waals surface area contributed by atoms with E-state index in [2.05, 4.69) is 59.6 Å². The Morgan fingerprint density at radius 3 is 2.55 bits per heavy atom. The first-order chi connectivity index (χ1) is 14.1. The molecule has 3 aromatic rings. The van der Waals surface area contributed by atoms with Gasteiger partial charge in [0.1, 0.15) is 5.69 Å². The molecule has 2 aromatic carbocycles. The van der Waals surface area contributed by atoms with Gasteiger partial charge in [0, 0.05) is 24.5 Å². The molecule has 4 nitrogen and oxygen atoms in total. The Bertz CT molecular complexity index is 970. The van der Waals surface area contributed by atoms with Crippen molar-refractivity contribution in [1.82, 2.24) is 14.8 Å². The van der Waals surface area contributed by atoms with Crippen LogP contribution in [0, 0.1) is 6.92 Å². The first-order valence-corrected chi connectivity index (χ1v) is 10.8. The number of amides is 1. The van der Waals surface area contributed by atoms with Gasteiger partial charge in [-0.25, -0.2) is 0 Å². The Morgan fingerprint density at radius 1 is 1.03 bits per heavy atom. The summed E-state index contributed by atoms with van der Waals surface area (Å²) in [7, 11) is 1.97. The molecule has 1 atom stereocenters. The van der Waals surface area contributed by atoms with Crippen LogP contribution in [0.5, 0.6) is 0 Å². The highest BCUT2D eigenvalue weighted by molar-refractivity contribution is 5.99. The lowest BCUT2D eigenvalue weighted by Crippen LogP contribution is -2.35. The number of hydrogen-bond donors (Lipinski definition) is 1. The average molecular weight is 390 g/mol. The molecule has 1 unspecified atom stereocenters. The Hall–Kier alpha value is -2.59. The third-order valence-electron chi connectivity index (χ3n) is 6.12.